The number of allylic oxidation sites excluding steroid dienone is 1. The first-order chi connectivity index (χ1) is 14.4. The van der Waals surface area contributed by atoms with E-state index in [4.69, 9.17) is 9.47 Å². The van der Waals surface area contributed by atoms with Gasteiger partial charge in [-0.25, -0.2) is 8.42 Å². The van der Waals surface area contributed by atoms with Crippen molar-refractivity contribution >= 4 is 31.8 Å². The summed E-state index contributed by atoms with van der Waals surface area (Å²) in [6.07, 6.45) is 1.33. The molecule has 0 saturated heterocycles. The standard InChI is InChI=1S/C23H18BrNO4S/c1-28-22-12-7-18(14-23(22)29-16-17-5-3-2-4-6-17)13-21(15-25)30(26,27)20-10-8-19(24)9-11-20/h2-14H,16H2,1H3/b21-13+. The van der Waals surface area contributed by atoms with E-state index in [1.807, 2.05) is 30.3 Å². The Morgan fingerprint density at radius 2 is 1.73 bits per heavy atom. The Morgan fingerprint density at radius 3 is 2.37 bits per heavy atom. The van der Waals surface area contributed by atoms with E-state index in [1.54, 1.807) is 36.4 Å². The van der Waals surface area contributed by atoms with Crippen LogP contribution in [0.4, 0.5) is 0 Å². The summed E-state index contributed by atoms with van der Waals surface area (Å²) in [6, 6.07) is 22.6. The highest BCUT2D eigenvalue weighted by molar-refractivity contribution is 9.10. The lowest BCUT2D eigenvalue weighted by Gasteiger charge is -2.12. The van der Waals surface area contributed by atoms with Crippen LogP contribution in [0.1, 0.15) is 11.1 Å². The summed E-state index contributed by atoms with van der Waals surface area (Å²) in [5, 5.41) is 9.50. The maximum Gasteiger partial charge on any atom is 0.216 e. The van der Waals surface area contributed by atoms with Crippen molar-refractivity contribution in [3.63, 3.8) is 0 Å². The van der Waals surface area contributed by atoms with Gasteiger partial charge in [-0.1, -0.05) is 52.3 Å². The number of nitriles is 1. The number of methoxy groups -OCH3 is 1. The highest BCUT2D eigenvalue weighted by Crippen LogP contribution is 2.31. The van der Waals surface area contributed by atoms with Crippen LogP contribution in [0.3, 0.4) is 0 Å². The van der Waals surface area contributed by atoms with Gasteiger partial charge < -0.3 is 9.47 Å². The van der Waals surface area contributed by atoms with Gasteiger partial charge in [-0.3, -0.25) is 0 Å². The molecule has 3 aromatic rings. The summed E-state index contributed by atoms with van der Waals surface area (Å²) in [6.45, 7) is 0.326. The number of sulfone groups is 1. The molecule has 0 aliphatic carbocycles. The first-order valence-electron chi connectivity index (χ1n) is 8.91. The van der Waals surface area contributed by atoms with Gasteiger partial charge in [0, 0.05) is 4.47 Å². The zero-order valence-electron chi connectivity index (χ0n) is 16.1. The highest BCUT2D eigenvalue weighted by atomic mass is 79.9. The predicted molar refractivity (Wildman–Crippen MR) is 119 cm³/mol. The molecule has 7 heteroatoms. The van der Waals surface area contributed by atoms with Gasteiger partial charge in [0.15, 0.2) is 11.5 Å². The molecule has 3 rings (SSSR count). The van der Waals surface area contributed by atoms with E-state index in [0.29, 0.717) is 23.7 Å². The average molecular weight is 484 g/mol. The fraction of sp³-hybridized carbons (Fsp3) is 0.0870. The molecule has 0 aromatic heterocycles. The number of hydrogen-bond acceptors (Lipinski definition) is 5. The molecule has 152 valence electrons. The maximum absolute atomic E-state index is 12.8. The molecule has 3 aromatic carbocycles. The van der Waals surface area contributed by atoms with E-state index >= 15 is 0 Å². The Hall–Kier alpha value is -3.08. The first-order valence-corrected chi connectivity index (χ1v) is 11.2. The molecule has 0 fully saturated rings. The zero-order valence-corrected chi connectivity index (χ0v) is 18.5. The number of rotatable bonds is 7. The van der Waals surface area contributed by atoms with Crippen molar-refractivity contribution in [2.75, 3.05) is 7.11 Å². The van der Waals surface area contributed by atoms with Crippen molar-refractivity contribution in [1.82, 2.24) is 0 Å². The van der Waals surface area contributed by atoms with Gasteiger partial charge in [0.2, 0.25) is 9.84 Å². The third-order valence-electron chi connectivity index (χ3n) is 4.25. The van der Waals surface area contributed by atoms with Crippen LogP contribution >= 0.6 is 15.9 Å². The fourth-order valence-corrected chi connectivity index (χ4v) is 4.12. The molecule has 0 saturated carbocycles. The fourth-order valence-electron chi connectivity index (χ4n) is 2.69. The smallest absolute Gasteiger partial charge is 0.216 e. The van der Waals surface area contributed by atoms with Crippen LogP contribution in [0.5, 0.6) is 11.5 Å². The van der Waals surface area contributed by atoms with Gasteiger partial charge in [-0.05, 0) is 53.6 Å². The van der Waals surface area contributed by atoms with Gasteiger partial charge >= 0.3 is 0 Å². The SMILES string of the molecule is COc1ccc(/C=C(\C#N)S(=O)(=O)c2ccc(Br)cc2)cc1OCc1ccccc1. The van der Waals surface area contributed by atoms with Gasteiger partial charge in [0.05, 0.1) is 12.0 Å². The minimum absolute atomic E-state index is 0.0487. The van der Waals surface area contributed by atoms with Crippen LogP contribution in [0.2, 0.25) is 0 Å². The lowest BCUT2D eigenvalue weighted by atomic mass is 10.2. The van der Waals surface area contributed by atoms with Crippen LogP contribution in [0.15, 0.2) is 87.1 Å². The van der Waals surface area contributed by atoms with Crippen LogP contribution in [-0.2, 0) is 16.4 Å². The molecule has 0 spiro atoms. The summed E-state index contributed by atoms with van der Waals surface area (Å²) >= 11 is 3.27. The predicted octanol–water partition coefficient (Wildman–Crippen LogP) is 5.38. The molecule has 0 N–H and O–H groups in total. The van der Waals surface area contributed by atoms with E-state index in [9.17, 15) is 13.7 Å². The van der Waals surface area contributed by atoms with Crippen molar-refractivity contribution in [3.8, 4) is 17.6 Å². The Balaban J connectivity index is 1.92. The lowest BCUT2D eigenvalue weighted by Crippen LogP contribution is -2.03. The molecule has 0 amide bonds. The van der Waals surface area contributed by atoms with E-state index < -0.39 is 9.84 Å². The number of ether oxygens (including phenoxy) is 2. The van der Waals surface area contributed by atoms with Crippen molar-refractivity contribution in [2.24, 2.45) is 0 Å². The van der Waals surface area contributed by atoms with Gasteiger partial charge in [0.1, 0.15) is 17.6 Å². The Labute approximate surface area is 184 Å². The second kappa shape index (κ2) is 9.61. The maximum atomic E-state index is 12.8. The Kier molecular flexibility index (Phi) is 6.93. The van der Waals surface area contributed by atoms with Crippen molar-refractivity contribution in [1.29, 1.82) is 5.26 Å². The number of nitrogens with zero attached hydrogens (tertiary/aromatic N) is 1. The molecule has 0 heterocycles. The van der Waals surface area contributed by atoms with Crippen LogP contribution in [0.25, 0.3) is 6.08 Å². The summed E-state index contributed by atoms with van der Waals surface area (Å²) in [7, 11) is -2.42. The molecule has 30 heavy (non-hydrogen) atoms. The van der Waals surface area contributed by atoms with Gasteiger partial charge in [-0.2, -0.15) is 5.26 Å². The number of halogens is 1. The topological polar surface area (TPSA) is 76.4 Å². The second-order valence-electron chi connectivity index (χ2n) is 6.26. The molecule has 0 radical (unpaired) electrons. The largest absolute Gasteiger partial charge is 0.493 e. The van der Waals surface area contributed by atoms with Crippen LogP contribution in [0, 0.1) is 11.3 Å². The zero-order chi connectivity index (χ0) is 21.6. The minimum Gasteiger partial charge on any atom is -0.493 e. The van der Waals surface area contributed by atoms with Crippen molar-refractivity contribution < 1.29 is 17.9 Å². The third-order valence-corrected chi connectivity index (χ3v) is 6.46. The molecule has 0 aliphatic heterocycles. The monoisotopic (exact) mass is 483 g/mol. The van der Waals surface area contributed by atoms with Gasteiger partial charge in [0.25, 0.3) is 0 Å². The van der Waals surface area contributed by atoms with Crippen LogP contribution in [-0.4, -0.2) is 15.5 Å². The summed E-state index contributed by atoms with van der Waals surface area (Å²) in [4.78, 5) is -0.309. The summed E-state index contributed by atoms with van der Waals surface area (Å²) < 4.78 is 37.6. The van der Waals surface area contributed by atoms with E-state index in [0.717, 1.165) is 10.0 Å². The quantitative estimate of drug-likeness (QED) is 0.421. The molecule has 0 bridgehead atoms. The van der Waals surface area contributed by atoms with Crippen LogP contribution < -0.4 is 9.47 Å². The number of benzene rings is 3. The summed E-state index contributed by atoms with van der Waals surface area (Å²) in [5.74, 6) is 0.964. The molecule has 0 aliphatic rings. The average Bonchev–Trinajstić information content (AvgIpc) is 2.77. The molecule has 5 nitrogen and oxygen atoms in total. The first kappa shape index (κ1) is 21.6. The number of hydrogen-bond donors (Lipinski definition) is 0. The highest BCUT2D eigenvalue weighted by Gasteiger charge is 2.21. The Bertz CT molecular complexity index is 1200. The normalized spacial score (nSPS) is 11.6. The molecule has 0 atom stereocenters. The lowest BCUT2D eigenvalue weighted by molar-refractivity contribution is 0.284. The summed E-state index contributed by atoms with van der Waals surface area (Å²) in [5.41, 5.74) is 1.49. The Morgan fingerprint density at radius 1 is 1.03 bits per heavy atom. The third kappa shape index (κ3) is 5.09. The van der Waals surface area contributed by atoms with Crippen molar-refractivity contribution in [3.05, 3.63) is 93.3 Å². The molecular formula is C23H18BrNO4S. The minimum atomic E-state index is -3.94. The van der Waals surface area contributed by atoms with E-state index in [-0.39, 0.29) is 9.80 Å². The van der Waals surface area contributed by atoms with E-state index in [1.165, 1.54) is 25.3 Å². The van der Waals surface area contributed by atoms with Gasteiger partial charge in [-0.15, -0.1) is 0 Å². The molecule has 0 unspecified atom stereocenters. The van der Waals surface area contributed by atoms with E-state index in [2.05, 4.69) is 15.9 Å². The second-order valence-corrected chi connectivity index (χ2v) is 9.10. The van der Waals surface area contributed by atoms with Crippen molar-refractivity contribution in [2.45, 2.75) is 11.5 Å². The molecular weight excluding hydrogens is 466 g/mol.